The summed E-state index contributed by atoms with van der Waals surface area (Å²) >= 11 is 5.92. The van der Waals surface area contributed by atoms with Crippen molar-refractivity contribution in [3.05, 3.63) is 34.9 Å². The molecule has 1 atom stereocenters. The van der Waals surface area contributed by atoms with Crippen LogP contribution in [0.4, 0.5) is 0 Å². The van der Waals surface area contributed by atoms with E-state index in [0.29, 0.717) is 6.42 Å². The zero-order valence-electron chi connectivity index (χ0n) is 11.5. The molecule has 2 nitrogen and oxygen atoms in total. The van der Waals surface area contributed by atoms with Crippen molar-refractivity contribution in [3.8, 4) is 0 Å². The van der Waals surface area contributed by atoms with Gasteiger partial charge in [0.15, 0.2) is 0 Å². The lowest BCUT2D eigenvalue weighted by molar-refractivity contribution is 0.236. The molecule has 0 unspecified atom stereocenters. The molecule has 2 rings (SSSR count). The number of aliphatic hydroxyl groups is 1. The summed E-state index contributed by atoms with van der Waals surface area (Å²) in [6, 6.07) is 7.89. The second-order valence-corrected chi connectivity index (χ2v) is 5.85. The Bertz CT molecular complexity index is 428. The van der Waals surface area contributed by atoms with Gasteiger partial charge < -0.3 is 10.5 Å². The minimum atomic E-state index is -0.0893. The van der Waals surface area contributed by atoms with E-state index in [1.807, 2.05) is 31.2 Å². The van der Waals surface area contributed by atoms with Crippen molar-refractivity contribution in [1.29, 1.82) is 5.41 Å². The molecular formula is C15H20ClMgNO. The Morgan fingerprint density at radius 1 is 1.37 bits per heavy atom. The van der Waals surface area contributed by atoms with E-state index in [2.05, 4.69) is 0 Å². The van der Waals surface area contributed by atoms with Crippen molar-refractivity contribution in [2.45, 2.75) is 38.0 Å². The van der Waals surface area contributed by atoms with Gasteiger partial charge in [0.25, 0.3) is 0 Å². The van der Waals surface area contributed by atoms with Crippen LogP contribution in [0, 0.1) is 11.3 Å². The van der Waals surface area contributed by atoms with Crippen molar-refractivity contribution in [1.82, 2.24) is 0 Å². The highest BCUT2D eigenvalue weighted by atomic mass is 35.5. The van der Waals surface area contributed by atoms with Crippen molar-refractivity contribution in [3.63, 3.8) is 0 Å². The predicted octanol–water partition coefficient (Wildman–Crippen LogP) is 3.42. The highest BCUT2D eigenvalue weighted by molar-refractivity contribution is 6.30. The van der Waals surface area contributed by atoms with Gasteiger partial charge in [-0.25, -0.2) is 0 Å². The molecule has 2 radical (unpaired) electrons. The SMILES string of the molecule is C[C@H](CO)CC(=N)C1(c2ccc(Cl)cc2)CCC1.[Mg]. The van der Waals surface area contributed by atoms with Crippen LogP contribution < -0.4 is 0 Å². The molecule has 19 heavy (non-hydrogen) atoms. The lowest BCUT2D eigenvalue weighted by Gasteiger charge is -2.43. The molecule has 0 spiro atoms. The minimum Gasteiger partial charge on any atom is -0.396 e. The van der Waals surface area contributed by atoms with Gasteiger partial charge in [0.05, 0.1) is 0 Å². The van der Waals surface area contributed by atoms with Gasteiger partial charge in [-0.1, -0.05) is 37.1 Å². The number of halogens is 1. The molecule has 1 fully saturated rings. The van der Waals surface area contributed by atoms with E-state index in [0.717, 1.165) is 23.6 Å². The molecule has 1 aromatic rings. The van der Waals surface area contributed by atoms with E-state index < -0.39 is 0 Å². The number of rotatable bonds is 5. The van der Waals surface area contributed by atoms with Crippen molar-refractivity contribution >= 4 is 40.4 Å². The molecule has 0 bridgehead atoms. The summed E-state index contributed by atoms with van der Waals surface area (Å²) in [7, 11) is 0. The van der Waals surface area contributed by atoms with E-state index >= 15 is 0 Å². The summed E-state index contributed by atoms with van der Waals surface area (Å²) in [6.07, 6.45) is 3.95. The van der Waals surface area contributed by atoms with Crippen LogP contribution in [-0.2, 0) is 5.41 Å². The van der Waals surface area contributed by atoms with Crippen LogP contribution in [0.2, 0.25) is 5.02 Å². The summed E-state index contributed by atoms with van der Waals surface area (Å²) in [5.41, 5.74) is 1.87. The van der Waals surface area contributed by atoms with Crippen molar-refractivity contribution < 1.29 is 5.11 Å². The molecule has 0 aromatic heterocycles. The Labute approximate surface area is 136 Å². The maximum absolute atomic E-state index is 9.13. The molecule has 4 heteroatoms. The lowest BCUT2D eigenvalue weighted by Crippen LogP contribution is -2.42. The third-order valence-electron chi connectivity index (χ3n) is 4.05. The van der Waals surface area contributed by atoms with E-state index in [-0.39, 0.29) is 41.0 Å². The third kappa shape index (κ3) is 3.51. The van der Waals surface area contributed by atoms with Crippen molar-refractivity contribution in [2.24, 2.45) is 5.92 Å². The average molecular weight is 290 g/mol. The number of benzene rings is 1. The first-order chi connectivity index (χ1) is 8.58. The van der Waals surface area contributed by atoms with E-state index in [9.17, 15) is 0 Å². The fraction of sp³-hybridized carbons (Fsp3) is 0.533. The Morgan fingerprint density at radius 3 is 2.37 bits per heavy atom. The zero-order valence-corrected chi connectivity index (χ0v) is 13.6. The first-order valence-corrected chi connectivity index (χ1v) is 6.91. The number of hydrogen-bond donors (Lipinski definition) is 2. The predicted molar refractivity (Wildman–Crippen MR) is 81.3 cm³/mol. The molecule has 1 aromatic carbocycles. The first kappa shape index (κ1) is 17.0. The van der Waals surface area contributed by atoms with Crippen LogP contribution >= 0.6 is 11.6 Å². The highest BCUT2D eigenvalue weighted by Crippen LogP contribution is 2.46. The standard InChI is InChI=1S/C15H20ClNO.Mg/c1-11(10-18)9-14(17)15(7-2-8-15)12-3-5-13(16)6-4-12;/h3-6,11,17-18H,2,7-10H2,1H3;/t11-;/m0./s1. The molecular weight excluding hydrogens is 270 g/mol. The largest absolute Gasteiger partial charge is 0.396 e. The minimum absolute atomic E-state index is 0. The second kappa shape index (κ2) is 7.07. The van der Waals surface area contributed by atoms with Crippen LogP contribution in [0.3, 0.4) is 0 Å². The van der Waals surface area contributed by atoms with Gasteiger partial charge in [0.1, 0.15) is 0 Å². The first-order valence-electron chi connectivity index (χ1n) is 6.53. The average Bonchev–Trinajstić information content (AvgIpc) is 2.30. The summed E-state index contributed by atoms with van der Waals surface area (Å²) in [5.74, 6) is 0.169. The third-order valence-corrected chi connectivity index (χ3v) is 4.30. The summed E-state index contributed by atoms with van der Waals surface area (Å²) in [4.78, 5) is 0. The monoisotopic (exact) mass is 289 g/mol. The molecule has 100 valence electrons. The topological polar surface area (TPSA) is 44.1 Å². The van der Waals surface area contributed by atoms with Crippen LogP contribution in [0.1, 0.15) is 38.2 Å². The van der Waals surface area contributed by atoms with Gasteiger partial charge in [-0.05, 0) is 42.9 Å². The van der Waals surface area contributed by atoms with Gasteiger partial charge in [-0.2, -0.15) is 0 Å². The molecule has 1 aliphatic carbocycles. The zero-order chi connectivity index (χ0) is 13.2. The maximum Gasteiger partial charge on any atom is 0.0460 e. The van der Waals surface area contributed by atoms with E-state index in [1.165, 1.54) is 12.0 Å². The fourth-order valence-electron chi connectivity index (χ4n) is 2.67. The second-order valence-electron chi connectivity index (χ2n) is 5.41. The molecule has 1 aliphatic rings. The Hall–Kier alpha value is -0.0938. The highest BCUT2D eigenvalue weighted by Gasteiger charge is 2.42. The number of hydrogen-bond acceptors (Lipinski definition) is 2. The number of nitrogens with one attached hydrogen (secondary N) is 1. The molecule has 2 N–H and O–H groups in total. The van der Waals surface area contributed by atoms with E-state index in [4.69, 9.17) is 22.1 Å². The Kier molecular flexibility index (Phi) is 6.31. The smallest absolute Gasteiger partial charge is 0.0460 e. The normalized spacial score (nSPS) is 18.1. The molecule has 0 amide bonds. The number of aliphatic hydroxyl groups excluding tert-OH is 1. The van der Waals surface area contributed by atoms with Crippen LogP contribution in [0.15, 0.2) is 24.3 Å². The van der Waals surface area contributed by atoms with Crippen molar-refractivity contribution in [2.75, 3.05) is 6.61 Å². The van der Waals surface area contributed by atoms with Crippen LogP contribution in [0.5, 0.6) is 0 Å². The maximum atomic E-state index is 9.13. The lowest BCUT2D eigenvalue weighted by atomic mass is 9.60. The Balaban J connectivity index is 0.00000180. The Morgan fingerprint density at radius 2 is 1.95 bits per heavy atom. The summed E-state index contributed by atoms with van der Waals surface area (Å²) < 4.78 is 0. The fourth-order valence-corrected chi connectivity index (χ4v) is 2.80. The summed E-state index contributed by atoms with van der Waals surface area (Å²) in [6.45, 7) is 2.14. The van der Waals surface area contributed by atoms with E-state index in [1.54, 1.807) is 0 Å². The van der Waals surface area contributed by atoms with Gasteiger partial charge in [-0.15, -0.1) is 0 Å². The van der Waals surface area contributed by atoms with Gasteiger partial charge in [0.2, 0.25) is 0 Å². The molecule has 0 saturated heterocycles. The van der Waals surface area contributed by atoms with Gasteiger partial charge >= 0.3 is 0 Å². The van der Waals surface area contributed by atoms with Gasteiger partial charge in [0, 0.05) is 45.8 Å². The quantitative estimate of drug-likeness (QED) is 0.633. The molecule has 0 aliphatic heterocycles. The molecule has 0 heterocycles. The summed E-state index contributed by atoms with van der Waals surface area (Å²) in [5, 5.41) is 18.2. The molecule has 1 saturated carbocycles. The van der Waals surface area contributed by atoms with Gasteiger partial charge in [-0.3, -0.25) is 0 Å². The van der Waals surface area contributed by atoms with Crippen LogP contribution in [0.25, 0.3) is 0 Å². The van der Waals surface area contributed by atoms with Crippen LogP contribution in [-0.4, -0.2) is 40.5 Å².